The minimum Gasteiger partial charge on any atom is -0.481 e. The molecule has 0 saturated carbocycles. The molecular weight excluding hydrogens is 319 g/mol. The highest BCUT2D eigenvalue weighted by molar-refractivity contribution is 7.13. The number of carbonyl (C=O) groups excluding carboxylic acids is 1. The fourth-order valence-electron chi connectivity index (χ4n) is 2.59. The summed E-state index contributed by atoms with van der Waals surface area (Å²) in [4.78, 5) is 29.4. The van der Waals surface area contributed by atoms with Crippen molar-refractivity contribution >= 4 is 23.2 Å². The second kappa shape index (κ2) is 6.45. The lowest BCUT2D eigenvalue weighted by atomic mass is 9.97. The highest BCUT2D eigenvalue weighted by Crippen LogP contribution is 2.25. The number of carbonyl (C=O) groups is 2. The maximum absolute atomic E-state index is 12.9. The van der Waals surface area contributed by atoms with E-state index in [1.54, 1.807) is 22.4 Å². The summed E-state index contributed by atoms with van der Waals surface area (Å²) in [5, 5.41) is 11.3. The van der Waals surface area contributed by atoms with Crippen LogP contribution in [-0.4, -0.2) is 40.0 Å². The zero-order valence-electron chi connectivity index (χ0n) is 12.2. The Morgan fingerprint density at radius 2 is 1.87 bits per heavy atom. The first-order valence-electron chi connectivity index (χ1n) is 7.28. The van der Waals surface area contributed by atoms with E-state index in [1.807, 2.05) is 0 Å². The Balaban J connectivity index is 1.69. The van der Waals surface area contributed by atoms with E-state index < -0.39 is 5.97 Å². The van der Waals surface area contributed by atoms with Gasteiger partial charge >= 0.3 is 5.97 Å². The van der Waals surface area contributed by atoms with Gasteiger partial charge < -0.3 is 10.0 Å². The van der Waals surface area contributed by atoms with Crippen LogP contribution in [0.25, 0.3) is 10.6 Å². The van der Waals surface area contributed by atoms with Crippen LogP contribution in [0.3, 0.4) is 0 Å². The molecule has 5 nitrogen and oxygen atoms in total. The zero-order valence-corrected chi connectivity index (χ0v) is 13.1. The van der Waals surface area contributed by atoms with Gasteiger partial charge in [0.05, 0.1) is 5.92 Å². The van der Waals surface area contributed by atoms with E-state index in [1.165, 1.54) is 23.5 Å². The third-order valence-corrected chi connectivity index (χ3v) is 4.84. The van der Waals surface area contributed by atoms with Gasteiger partial charge in [0.25, 0.3) is 5.91 Å². The second-order valence-corrected chi connectivity index (χ2v) is 6.31. The van der Waals surface area contributed by atoms with Crippen LogP contribution in [0.5, 0.6) is 0 Å². The van der Waals surface area contributed by atoms with E-state index in [-0.39, 0.29) is 17.6 Å². The molecule has 0 unspecified atom stereocenters. The molecule has 7 heteroatoms. The highest BCUT2D eigenvalue weighted by Gasteiger charge is 2.28. The van der Waals surface area contributed by atoms with Crippen LogP contribution in [0.15, 0.2) is 29.6 Å². The monoisotopic (exact) mass is 334 g/mol. The lowest BCUT2D eigenvalue weighted by Crippen LogP contribution is -2.40. The Morgan fingerprint density at radius 3 is 2.48 bits per heavy atom. The second-order valence-electron chi connectivity index (χ2n) is 5.45. The van der Waals surface area contributed by atoms with E-state index in [0.29, 0.717) is 36.6 Å². The number of nitrogens with zero attached hydrogens (tertiary/aromatic N) is 2. The number of benzene rings is 1. The molecule has 1 amide bonds. The molecule has 1 saturated heterocycles. The topological polar surface area (TPSA) is 70.5 Å². The fourth-order valence-corrected chi connectivity index (χ4v) is 3.39. The summed E-state index contributed by atoms with van der Waals surface area (Å²) < 4.78 is 12.9. The van der Waals surface area contributed by atoms with Crippen molar-refractivity contribution in [2.75, 3.05) is 13.1 Å². The number of aliphatic carboxylic acids is 1. The molecule has 1 fully saturated rings. The normalized spacial score (nSPS) is 15.6. The standard InChI is InChI=1S/C16H15FN2O3S/c17-12-3-1-10(2-4-12)14-18-13(9-23-14)15(20)19-7-5-11(6-8-19)16(21)22/h1-4,9,11H,5-8H2,(H,21,22). The molecule has 3 rings (SSSR count). The van der Waals surface area contributed by atoms with Gasteiger partial charge in [0.2, 0.25) is 0 Å². The van der Waals surface area contributed by atoms with E-state index >= 15 is 0 Å². The Kier molecular flexibility index (Phi) is 4.38. The molecule has 23 heavy (non-hydrogen) atoms. The van der Waals surface area contributed by atoms with Crippen LogP contribution in [0.1, 0.15) is 23.3 Å². The van der Waals surface area contributed by atoms with E-state index in [0.717, 1.165) is 5.56 Å². The number of rotatable bonds is 3. The molecule has 1 aromatic heterocycles. The van der Waals surface area contributed by atoms with E-state index in [4.69, 9.17) is 5.11 Å². The number of thiazole rings is 1. The number of piperidine rings is 1. The summed E-state index contributed by atoms with van der Waals surface area (Å²) in [6, 6.07) is 5.96. The number of carboxylic acids is 1. The minimum atomic E-state index is -0.802. The summed E-state index contributed by atoms with van der Waals surface area (Å²) in [6.07, 6.45) is 0.937. The van der Waals surface area contributed by atoms with Crippen molar-refractivity contribution in [2.24, 2.45) is 5.92 Å². The molecule has 0 spiro atoms. The molecule has 0 bridgehead atoms. The van der Waals surface area contributed by atoms with Crippen LogP contribution in [-0.2, 0) is 4.79 Å². The molecule has 0 aliphatic carbocycles. The molecule has 0 atom stereocenters. The molecule has 0 radical (unpaired) electrons. The van der Waals surface area contributed by atoms with Crippen molar-refractivity contribution in [3.05, 3.63) is 41.2 Å². The molecular formula is C16H15FN2O3S. The molecule has 2 aromatic rings. The molecule has 2 heterocycles. The lowest BCUT2D eigenvalue weighted by Gasteiger charge is -2.29. The third kappa shape index (κ3) is 3.39. The van der Waals surface area contributed by atoms with Crippen LogP contribution in [0, 0.1) is 11.7 Å². The Bertz CT molecular complexity index is 721. The summed E-state index contributed by atoms with van der Waals surface area (Å²) in [7, 11) is 0. The predicted molar refractivity (Wildman–Crippen MR) is 83.8 cm³/mol. The maximum Gasteiger partial charge on any atom is 0.306 e. The molecule has 1 aliphatic rings. The Labute approximate surface area is 136 Å². The van der Waals surface area contributed by atoms with E-state index in [9.17, 15) is 14.0 Å². The van der Waals surface area contributed by atoms with Crippen LogP contribution >= 0.6 is 11.3 Å². The number of aromatic nitrogens is 1. The van der Waals surface area contributed by atoms with Crippen molar-refractivity contribution < 1.29 is 19.1 Å². The average molecular weight is 334 g/mol. The summed E-state index contributed by atoms with van der Waals surface area (Å²) in [6.45, 7) is 0.860. The number of carboxylic acid groups (broad SMARTS) is 1. The first kappa shape index (κ1) is 15.6. The van der Waals surface area contributed by atoms with Gasteiger partial charge in [-0.25, -0.2) is 9.37 Å². The van der Waals surface area contributed by atoms with Gasteiger partial charge in [-0.3, -0.25) is 9.59 Å². The smallest absolute Gasteiger partial charge is 0.306 e. The quantitative estimate of drug-likeness (QED) is 0.937. The van der Waals surface area contributed by atoms with Crippen molar-refractivity contribution in [1.29, 1.82) is 0 Å². The van der Waals surface area contributed by atoms with Gasteiger partial charge in [0.1, 0.15) is 16.5 Å². The number of hydrogen-bond acceptors (Lipinski definition) is 4. The number of likely N-dealkylation sites (tertiary alicyclic amines) is 1. The van der Waals surface area contributed by atoms with Crippen LogP contribution < -0.4 is 0 Å². The molecule has 120 valence electrons. The first-order chi connectivity index (χ1) is 11.0. The number of halogens is 1. The largest absolute Gasteiger partial charge is 0.481 e. The summed E-state index contributed by atoms with van der Waals surface area (Å²) in [5.41, 5.74) is 1.11. The van der Waals surface area contributed by atoms with Gasteiger partial charge in [0.15, 0.2) is 0 Å². The summed E-state index contributed by atoms with van der Waals surface area (Å²) in [5.74, 6) is -1.67. The fraction of sp³-hybridized carbons (Fsp3) is 0.312. The van der Waals surface area contributed by atoms with Gasteiger partial charge in [0, 0.05) is 24.0 Å². The maximum atomic E-state index is 12.9. The predicted octanol–water partition coefficient (Wildman–Crippen LogP) is 2.89. The summed E-state index contributed by atoms with van der Waals surface area (Å²) >= 11 is 1.33. The van der Waals surface area contributed by atoms with Crippen molar-refractivity contribution in [3.8, 4) is 10.6 Å². The minimum absolute atomic E-state index is 0.182. The Morgan fingerprint density at radius 1 is 1.22 bits per heavy atom. The first-order valence-corrected chi connectivity index (χ1v) is 8.16. The number of amides is 1. The molecule has 1 aliphatic heterocycles. The van der Waals surface area contributed by atoms with Crippen molar-refractivity contribution in [3.63, 3.8) is 0 Å². The van der Waals surface area contributed by atoms with Crippen molar-refractivity contribution in [2.45, 2.75) is 12.8 Å². The SMILES string of the molecule is O=C(O)C1CCN(C(=O)c2csc(-c3ccc(F)cc3)n2)CC1. The zero-order chi connectivity index (χ0) is 16.4. The van der Waals surface area contributed by atoms with Crippen molar-refractivity contribution in [1.82, 2.24) is 9.88 Å². The average Bonchev–Trinajstić information content (AvgIpc) is 3.05. The van der Waals surface area contributed by atoms with Gasteiger partial charge in [-0.1, -0.05) is 0 Å². The van der Waals surface area contributed by atoms with Gasteiger partial charge in [-0.15, -0.1) is 11.3 Å². The van der Waals surface area contributed by atoms with Crippen LogP contribution in [0.2, 0.25) is 0 Å². The van der Waals surface area contributed by atoms with Gasteiger partial charge in [-0.2, -0.15) is 0 Å². The lowest BCUT2D eigenvalue weighted by molar-refractivity contribution is -0.143. The molecule has 1 N–H and O–H groups in total. The van der Waals surface area contributed by atoms with Gasteiger partial charge in [-0.05, 0) is 37.1 Å². The Hall–Kier alpha value is -2.28. The van der Waals surface area contributed by atoms with E-state index in [2.05, 4.69) is 4.98 Å². The molecule has 1 aromatic carbocycles. The third-order valence-electron chi connectivity index (χ3n) is 3.95. The number of hydrogen-bond donors (Lipinski definition) is 1. The van der Waals surface area contributed by atoms with Crippen LogP contribution in [0.4, 0.5) is 4.39 Å². The highest BCUT2D eigenvalue weighted by atomic mass is 32.1.